The van der Waals surface area contributed by atoms with Gasteiger partial charge in [0.05, 0.1) is 13.2 Å². The van der Waals surface area contributed by atoms with E-state index in [4.69, 9.17) is 9.47 Å². The lowest BCUT2D eigenvalue weighted by atomic mass is 10.2. The van der Waals surface area contributed by atoms with E-state index in [1.54, 1.807) is 0 Å². The highest BCUT2D eigenvalue weighted by Crippen LogP contribution is 2.02. The average Bonchev–Trinajstić information content (AvgIpc) is 2.09. The van der Waals surface area contributed by atoms with Crippen molar-refractivity contribution in [2.24, 2.45) is 11.8 Å². The lowest BCUT2D eigenvalue weighted by Crippen LogP contribution is -2.27. The molecule has 0 aliphatic rings. The number of ether oxygens (including phenoxy) is 2. The second-order valence-corrected chi connectivity index (χ2v) is 5.37. The van der Waals surface area contributed by atoms with Crippen LogP contribution in [0.1, 0.15) is 27.7 Å². The Hall–Kier alpha value is -0.123. The van der Waals surface area contributed by atoms with Crippen molar-refractivity contribution >= 4 is 9.52 Å². The van der Waals surface area contributed by atoms with E-state index in [-0.39, 0.29) is 5.91 Å². The fourth-order valence-electron chi connectivity index (χ4n) is 0.800. The van der Waals surface area contributed by atoms with E-state index in [2.05, 4.69) is 34.3 Å². The minimum Gasteiger partial charge on any atom is -0.356 e. The van der Waals surface area contributed by atoms with Gasteiger partial charge >= 0.3 is 0 Å². The van der Waals surface area contributed by atoms with Gasteiger partial charge in [0.25, 0.3) is 0 Å². The minimum absolute atomic E-state index is 0.0858. The van der Waals surface area contributed by atoms with Crippen LogP contribution in [0.3, 0.4) is 0 Å². The zero-order chi connectivity index (χ0) is 11.0. The smallest absolute Gasteiger partial charge is 0.147 e. The summed E-state index contributed by atoms with van der Waals surface area (Å²) in [4.78, 5) is 0. The van der Waals surface area contributed by atoms with Crippen LogP contribution in [0.2, 0.25) is 0 Å². The first-order chi connectivity index (χ1) is 6.56. The van der Waals surface area contributed by atoms with E-state index < -0.39 is 0 Å². The van der Waals surface area contributed by atoms with Gasteiger partial charge in [-0.1, -0.05) is 27.7 Å². The molecule has 0 saturated heterocycles. The largest absolute Gasteiger partial charge is 0.356 e. The molecule has 0 aliphatic carbocycles. The molecule has 14 heavy (non-hydrogen) atoms. The third-order valence-corrected chi connectivity index (χ3v) is 2.26. The van der Waals surface area contributed by atoms with Gasteiger partial charge in [-0.3, -0.25) is 0 Å². The van der Waals surface area contributed by atoms with Crippen molar-refractivity contribution in [2.75, 3.05) is 13.2 Å². The molecule has 0 spiro atoms. The maximum atomic E-state index is 5.61. The molecule has 0 atom stereocenters. The highest BCUT2D eigenvalue weighted by molar-refractivity contribution is 6.42. The molecule has 0 bridgehead atoms. The molecule has 0 rings (SSSR count). The Labute approximate surface area is 90.5 Å². The molecular weight excluding hydrogens is 192 g/mol. The van der Waals surface area contributed by atoms with Crippen molar-refractivity contribution in [3.63, 3.8) is 0 Å². The molecule has 0 N–H and O–H groups in total. The maximum Gasteiger partial charge on any atom is 0.147 e. The summed E-state index contributed by atoms with van der Waals surface area (Å²) in [5.41, 5.74) is 1.87. The third-order valence-electron chi connectivity index (χ3n) is 1.42. The monoisotopic (exact) mass is 214 g/mol. The summed E-state index contributed by atoms with van der Waals surface area (Å²) in [6, 6.07) is 0. The van der Waals surface area contributed by atoms with E-state index in [9.17, 15) is 0 Å². The van der Waals surface area contributed by atoms with Crippen molar-refractivity contribution in [2.45, 2.75) is 33.6 Å². The van der Waals surface area contributed by atoms with Crippen molar-refractivity contribution in [3.8, 4) is 0 Å². The van der Waals surface area contributed by atoms with Gasteiger partial charge in [-0.2, -0.15) is 0 Å². The van der Waals surface area contributed by atoms with Crippen molar-refractivity contribution in [1.29, 1.82) is 0 Å². The van der Waals surface area contributed by atoms with Crippen LogP contribution in [0, 0.1) is 11.8 Å². The zero-order valence-electron chi connectivity index (χ0n) is 9.75. The van der Waals surface area contributed by atoms with Crippen molar-refractivity contribution in [3.05, 3.63) is 12.3 Å². The van der Waals surface area contributed by atoms with Crippen molar-refractivity contribution in [1.82, 2.24) is 0 Å². The third kappa shape index (κ3) is 8.47. The van der Waals surface area contributed by atoms with E-state index in [1.165, 1.54) is 0 Å². The van der Waals surface area contributed by atoms with Crippen LogP contribution in [0.5, 0.6) is 0 Å². The molecule has 0 aliphatic heterocycles. The molecule has 0 aromatic rings. The highest BCUT2D eigenvalue weighted by Gasteiger charge is 2.10. The Morgan fingerprint density at radius 2 is 1.50 bits per heavy atom. The van der Waals surface area contributed by atoms with Gasteiger partial charge in [0, 0.05) is 0 Å². The normalized spacial score (nSPS) is 11.6. The first-order valence-corrected chi connectivity index (χ1v) is 6.31. The van der Waals surface area contributed by atoms with Crippen LogP contribution in [0.15, 0.2) is 12.3 Å². The van der Waals surface area contributed by atoms with Crippen molar-refractivity contribution < 1.29 is 9.47 Å². The van der Waals surface area contributed by atoms with E-state index in [0.29, 0.717) is 21.4 Å². The second-order valence-electron chi connectivity index (χ2n) is 4.16. The molecule has 0 aromatic heterocycles. The Balaban J connectivity index is 3.70. The molecule has 0 heterocycles. The highest BCUT2D eigenvalue weighted by atomic mass is 28.2. The maximum absolute atomic E-state index is 5.61. The molecular formula is C11H22O2Si. The predicted molar refractivity (Wildman–Crippen MR) is 61.3 cm³/mol. The molecule has 0 fully saturated rings. The molecule has 2 radical (unpaired) electrons. The zero-order valence-corrected chi connectivity index (χ0v) is 10.7. The quantitative estimate of drug-likeness (QED) is 0.456. The van der Waals surface area contributed by atoms with Gasteiger partial charge in [-0.15, -0.1) is 12.3 Å². The fraction of sp³-hybridized carbons (Fsp3) is 0.818. The molecule has 82 valence electrons. The Morgan fingerprint density at radius 1 is 1.07 bits per heavy atom. The summed E-state index contributed by atoms with van der Waals surface area (Å²) in [7, 11) is 0.525. The summed E-state index contributed by atoms with van der Waals surface area (Å²) < 4.78 is 11.2. The summed E-state index contributed by atoms with van der Waals surface area (Å²) >= 11 is 0. The van der Waals surface area contributed by atoms with Gasteiger partial charge in [0.15, 0.2) is 0 Å². The summed E-state index contributed by atoms with van der Waals surface area (Å²) in [5, 5.41) is 0. The van der Waals surface area contributed by atoms with E-state index in [1.807, 2.05) is 5.70 Å². The molecule has 3 heteroatoms. The summed E-state index contributed by atoms with van der Waals surface area (Å²) in [6.45, 7) is 13.8. The lowest BCUT2D eigenvalue weighted by Gasteiger charge is -2.19. The van der Waals surface area contributed by atoms with E-state index >= 15 is 0 Å². The van der Waals surface area contributed by atoms with Gasteiger partial charge in [0.1, 0.15) is 15.4 Å². The van der Waals surface area contributed by atoms with Crippen LogP contribution in [-0.4, -0.2) is 28.6 Å². The number of hydrogen-bond donors (Lipinski definition) is 0. The standard InChI is InChI=1S/C11H22O2Si/c1-6-14-11(12-7-9(2)3)13-8-10(4)5/h6,9-11H,1,7-8H2,2-5H3. The predicted octanol–water partition coefficient (Wildman–Crippen LogP) is 2.46. The van der Waals surface area contributed by atoms with Gasteiger partial charge in [-0.05, 0) is 11.8 Å². The summed E-state index contributed by atoms with van der Waals surface area (Å²) in [6.07, 6.45) is 0. The van der Waals surface area contributed by atoms with Gasteiger partial charge in [0.2, 0.25) is 0 Å². The molecule has 2 nitrogen and oxygen atoms in total. The topological polar surface area (TPSA) is 18.5 Å². The first kappa shape index (κ1) is 13.9. The Kier molecular flexibility index (Phi) is 8.13. The molecule has 0 saturated carbocycles. The first-order valence-electron chi connectivity index (χ1n) is 5.16. The van der Waals surface area contributed by atoms with Crippen LogP contribution in [0.25, 0.3) is 0 Å². The molecule has 0 amide bonds. The van der Waals surface area contributed by atoms with Crippen LogP contribution in [-0.2, 0) is 9.47 Å². The van der Waals surface area contributed by atoms with Crippen LogP contribution >= 0.6 is 0 Å². The summed E-state index contributed by atoms with van der Waals surface area (Å²) in [5.74, 6) is 1.02. The molecule has 0 unspecified atom stereocenters. The van der Waals surface area contributed by atoms with Crippen LogP contribution in [0.4, 0.5) is 0 Å². The fourth-order valence-corrected chi connectivity index (χ4v) is 1.38. The average molecular weight is 214 g/mol. The van der Waals surface area contributed by atoms with Gasteiger partial charge in [-0.25, -0.2) is 0 Å². The second kappa shape index (κ2) is 8.21. The van der Waals surface area contributed by atoms with Crippen LogP contribution < -0.4 is 0 Å². The Bertz CT molecular complexity index is 134. The minimum atomic E-state index is -0.0858. The number of rotatable bonds is 8. The molecule has 0 aromatic carbocycles. The number of hydrogen-bond acceptors (Lipinski definition) is 2. The van der Waals surface area contributed by atoms with Gasteiger partial charge < -0.3 is 9.47 Å². The SMILES string of the molecule is C=C[Si]C(OCC(C)C)OCC(C)C. The van der Waals surface area contributed by atoms with E-state index in [0.717, 1.165) is 13.2 Å². The lowest BCUT2D eigenvalue weighted by molar-refractivity contribution is -0.103. The Morgan fingerprint density at radius 3 is 1.79 bits per heavy atom.